The molecule has 180 valence electrons. The van der Waals surface area contributed by atoms with Crippen LogP contribution in [-0.4, -0.2) is 41.2 Å². The molecule has 3 rings (SSSR count). The molecule has 1 aromatic heterocycles. The van der Waals surface area contributed by atoms with Crippen LogP contribution in [0, 0.1) is 6.92 Å². The van der Waals surface area contributed by atoms with Crippen molar-refractivity contribution in [1.82, 2.24) is 9.80 Å². The van der Waals surface area contributed by atoms with Crippen LogP contribution in [0.5, 0.6) is 0 Å². The van der Waals surface area contributed by atoms with Crippen LogP contribution < -0.4 is 0 Å². The SMILES string of the molecule is CCCCCN(CC(=O)N(CCc1ccccc1)Cc1ccc(C)o1)C(=O)c1cccc(Br)c1. The van der Waals surface area contributed by atoms with E-state index in [0.29, 0.717) is 25.2 Å². The third-order valence-corrected chi connectivity index (χ3v) is 6.22. The maximum Gasteiger partial charge on any atom is 0.254 e. The third kappa shape index (κ3) is 7.87. The van der Waals surface area contributed by atoms with Gasteiger partial charge < -0.3 is 14.2 Å². The molecule has 34 heavy (non-hydrogen) atoms. The van der Waals surface area contributed by atoms with E-state index in [0.717, 1.165) is 41.7 Å². The second-order valence-corrected chi connectivity index (χ2v) is 9.42. The Hall–Kier alpha value is -2.86. The van der Waals surface area contributed by atoms with Gasteiger partial charge in [0, 0.05) is 23.1 Å². The summed E-state index contributed by atoms with van der Waals surface area (Å²) in [5.74, 6) is 1.36. The van der Waals surface area contributed by atoms with Crippen LogP contribution in [0.25, 0.3) is 0 Å². The second-order valence-electron chi connectivity index (χ2n) is 8.51. The van der Waals surface area contributed by atoms with Gasteiger partial charge in [0.25, 0.3) is 5.91 Å². The molecule has 2 aromatic carbocycles. The van der Waals surface area contributed by atoms with Crippen molar-refractivity contribution in [3.63, 3.8) is 0 Å². The maximum absolute atomic E-state index is 13.5. The minimum Gasteiger partial charge on any atom is -0.464 e. The lowest BCUT2D eigenvalue weighted by Crippen LogP contribution is -2.43. The molecule has 1 heterocycles. The predicted octanol–water partition coefficient (Wildman–Crippen LogP) is 6.25. The van der Waals surface area contributed by atoms with Crippen molar-refractivity contribution in [3.05, 3.63) is 93.9 Å². The number of unbranched alkanes of at least 4 members (excludes halogenated alkanes) is 2. The van der Waals surface area contributed by atoms with Gasteiger partial charge in [0.2, 0.25) is 5.91 Å². The van der Waals surface area contributed by atoms with Gasteiger partial charge >= 0.3 is 0 Å². The molecule has 0 fully saturated rings. The fourth-order valence-corrected chi connectivity index (χ4v) is 4.23. The Morgan fingerprint density at radius 2 is 1.71 bits per heavy atom. The summed E-state index contributed by atoms with van der Waals surface area (Å²) in [7, 11) is 0. The summed E-state index contributed by atoms with van der Waals surface area (Å²) in [6, 6.07) is 21.3. The van der Waals surface area contributed by atoms with Gasteiger partial charge in [-0.1, -0.05) is 72.1 Å². The standard InChI is InChI=1S/C28H33BrN2O3/c1-3-4-8-17-31(28(33)24-12-9-13-25(29)19-24)21-27(32)30(20-26-15-14-22(2)34-26)18-16-23-10-6-5-7-11-23/h5-7,9-15,19H,3-4,8,16-18,20-21H2,1-2H3. The first-order chi connectivity index (χ1) is 16.5. The van der Waals surface area contributed by atoms with Crippen LogP contribution >= 0.6 is 15.9 Å². The number of aryl methyl sites for hydroxylation is 1. The van der Waals surface area contributed by atoms with Crippen LogP contribution in [0.15, 0.2) is 75.6 Å². The number of carbonyl (C=O) groups excluding carboxylic acids is 2. The lowest BCUT2D eigenvalue weighted by Gasteiger charge is -2.27. The summed E-state index contributed by atoms with van der Waals surface area (Å²) in [4.78, 5) is 30.3. The first kappa shape index (κ1) is 25.8. The normalized spacial score (nSPS) is 10.8. The Morgan fingerprint density at radius 1 is 0.912 bits per heavy atom. The van der Waals surface area contributed by atoms with Gasteiger partial charge in [-0.15, -0.1) is 0 Å². The zero-order chi connectivity index (χ0) is 24.3. The molecule has 0 spiro atoms. The quantitative estimate of drug-likeness (QED) is 0.263. The van der Waals surface area contributed by atoms with Gasteiger partial charge in [-0.3, -0.25) is 9.59 Å². The molecule has 0 saturated heterocycles. The lowest BCUT2D eigenvalue weighted by atomic mass is 10.1. The van der Waals surface area contributed by atoms with E-state index >= 15 is 0 Å². The molecule has 0 aliphatic carbocycles. The van der Waals surface area contributed by atoms with E-state index in [2.05, 4.69) is 35.0 Å². The number of furan rings is 1. The van der Waals surface area contributed by atoms with Gasteiger partial charge in [0.05, 0.1) is 6.54 Å². The Kier molecular flexibility index (Phi) is 9.95. The molecule has 0 radical (unpaired) electrons. The highest BCUT2D eigenvalue weighted by molar-refractivity contribution is 9.10. The van der Waals surface area contributed by atoms with E-state index in [4.69, 9.17) is 4.42 Å². The van der Waals surface area contributed by atoms with E-state index in [1.807, 2.05) is 49.4 Å². The molecule has 0 bridgehead atoms. The monoisotopic (exact) mass is 524 g/mol. The zero-order valence-corrected chi connectivity index (χ0v) is 21.6. The lowest BCUT2D eigenvalue weighted by molar-refractivity contribution is -0.132. The summed E-state index contributed by atoms with van der Waals surface area (Å²) in [5, 5.41) is 0. The van der Waals surface area contributed by atoms with Crippen molar-refractivity contribution in [2.24, 2.45) is 0 Å². The van der Waals surface area contributed by atoms with Crippen molar-refractivity contribution in [3.8, 4) is 0 Å². The molecular formula is C28H33BrN2O3. The number of hydrogen-bond donors (Lipinski definition) is 0. The van der Waals surface area contributed by atoms with Crippen LogP contribution in [0.1, 0.15) is 53.6 Å². The predicted molar refractivity (Wildman–Crippen MR) is 139 cm³/mol. The summed E-state index contributed by atoms with van der Waals surface area (Å²) in [5.41, 5.74) is 1.75. The smallest absolute Gasteiger partial charge is 0.254 e. The largest absolute Gasteiger partial charge is 0.464 e. The second kappa shape index (κ2) is 13.1. The summed E-state index contributed by atoms with van der Waals surface area (Å²) in [6.45, 7) is 5.55. The average Bonchev–Trinajstić information content (AvgIpc) is 3.25. The minimum atomic E-state index is -0.123. The highest BCUT2D eigenvalue weighted by atomic mass is 79.9. The zero-order valence-electron chi connectivity index (χ0n) is 20.0. The van der Waals surface area contributed by atoms with Crippen LogP contribution in [0.2, 0.25) is 0 Å². The summed E-state index contributed by atoms with van der Waals surface area (Å²) in [6.07, 6.45) is 3.67. The fraction of sp³-hybridized carbons (Fsp3) is 0.357. The molecule has 6 heteroatoms. The number of benzene rings is 2. The highest BCUT2D eigenvalue weighted by Crippen LogP contribution is 2.16. The van der Waals surface area contributed by atoms with Crippen LogP contribution in [-0.2, 0) is 17.8 Å². The van der Waals surface area contributed by atoms with Crippen molar-refractivity contribution in [2.45, 2.75) is 46.1 Å². The summed E-state index contributed by atoms with van der Waals surface area (Å²) >= 11 is 3.44. The van der Waals surface area contributed by atoms with Crippen LogP contribution in [0.3, 0.4) is 0 Å². The van der Waals surface area contributed by atoms with E-state index in [1.54, 1.807) is 21.9 Å². The molecule has 0 aliphatic rings. The molecule has 5 nitrogen and oxygen atoms in total. The van der Waals surface area contributed by atoms with E-state index in [-0.39, 0.29) is 18.4 Å². The van der Waals surface area contributed by atoms with Crippen LogP contribution in [0.4, 0.5) is 0 Å². The van der Waals surface area contributed by atoms with E-state index in [1.165, 1.54) is 5.56 Å². The van der Waals surface area contributed by atoms with Crippen molar-refractivity contribution < 1.29 is 14.0 Å². The molecule has 0 saturated carbocycles. The highest BCUT2D eigenvalue weighted by Gasteiger charge is 2.23. The first-order valence-electron chi connectivity index (χ1n) is 11.9. The number of amides is 2. The van der Waals surface area contributed by atoms with Gasteiger partial charge in [-0.2, -0.15) is 0 Å². The minimum absolute atomic E-state index is 0.0452. The molecule has 0 aliphatic heterocycles. The van der Waals surface area contributed by atoms with Crippen molar-refractivity contribution >= 4 is 27.7 Å². The van der Waals surface area contributed by atoms with Gasteiger partial charge in [0.15, 0.2) is 0 Å². The molecule has 0 unspecified atom stereocenters. The number of carbonyl (C=O) groups is 2. The maximum atomic E-state index is 13.5. The van der Waals surface area contributed by atoms with Crippen molar-refractivity contribution in [2.75, 3.05) is 19.6 Å². The average molecular weight is 525 g/mol. The number of rotatable bonds is 12. The molecular weight excluding hydrogens is 492 g/mol. The number of hydrogen-bond acceptors (Lipinski definition) is 3. The van der Waals surface area contributed by atoms with E-state index < -0.39 is 0 Å². The number of nitrogens with zero attached hydrogens (tertiary/aromatic N) is 2. The Labute approximate surface area is 210 Å². The van der Waals surface area contributed by atoms with Gasteiger partial charge in [-0.25, -0.2) is 0 Å². The molecule has 0 N–H and O–H groups in total. The topological polar surface area (TPSA) is 53.8 Å². The Bertz CT molecular complexity index is 1060. The fourth-order valence-electron chi connectivity index (χ4n) is 3.83. The summed E-state index contributed by atoms with van der Waals surface area (Å²) < 4.78 is 6.59. The Morgan fingerprint density at radius 3 is 2.38 bits per heavy atom. The van der Waals surface area contributed by atoms with Gasteiger partial charge in [-0.05, 0) is 55.7 Å². The number of halogens is 1. The first-order valence-corrected chi connectivity index (χ1v) is 12.7. The van der Waals surface area contributed by atoms with E-state index in [9.17, 15) is 9.59 Å². The van der Waals surface area contributed by atoms with Gasteiger partial charge in [0.1, 0.15) is 18.1 Å². The molecule has 2 amide bonds. The van der Waals surface area contributed by atoms with Crippen molar-refractivity contribution in [1.29, 1.82) is 0 Å². The third-order valence-electron chi connectivity index (χ3n) is 5.73. The molecule has 3 aromatic rings. The molecule has 0 atom stereocenters. The Balaban J connectivity index is 1.76.